The second kappa shape index (κ2) is 6.74. The summed E-state index contributed by atoms with van der Waals surface area (Å²) in [5.41, 5.74) is 0.925. The van der Waals surface area contributed by atoms with Crippen LogP contribution in [-0.2, 0) is 4.74 Å². The highest BCUT2D eigenvalue weighted by Gasteiger charge is 2.11. The molecule has 3 nitrogen and oxygen atoms in total. The standard InChI is InChI=1S/C14H21NO2/c16-14(13-6-2-1-3-7-13)12-17-11-10-15-8-4-5-9-15/h1-3,6-7,14,16H,4-5,8-12H2. The van der Waals surface area contributed by atoms with Gasteiger partial charge in [-0.05, 0) is 31.5 Å². The molecule has 1 saturated heterocycles. The Balaban J connectivity index is 1.61. The van der Waals surface area contributed by atoms with Crippen molar-refractivity contribution in [3.05, 3.63) is 35.9 Å². The lowest BCUT2D eigenvalue weighted by atomic mass is 10.1. The summed E-state index contributed by atoms with van der Waals surface area (Å²) >= 11 is 0. The zero-order valence-electron chi connectivity index (χ0n) is 10.2. The van der Waals surface area contributed by atoms with Crippen molar-refractivity contribution in [3.63, 3.8) is 0 Å². The molecule has 2 rings (SSSR count). The first kappa shape index (κ1) is 12.6. The number of hydrogen-bond acceptors (Lipinski definition) is 3. The minimum Gasteiger partial charge on any atom is -0.386 e. The van der Waals surface area contributed by atoms with Crippen LogP contribution < -0.4 is 0 Å². The molecule has 1 aliphatic heterocycles. The molecule has 1 fully saturated rings. The van der Waals surface area contributed by atoms with E-state index >= 15 is 0 Å². The largest absolute Gasteiger partial charge is 0.386 e. The Morgan fingerprint density at radius 3 is 2.59 bits per heavy atom. The summed E-state index contributed by atoms with van der Waals surface area (Å²) in [7, 11) is 0. The molecule has 1 atom stereocenters. The minimum atomic E-state index is -0.505. The average Bonchev–Trinajstić information content (AvgIpc) is 2.88. The molecular weight excluding hydrogens is 214 g/mol. The van der Waals surface area contributed by atoms with Crippen LogP contribution in [0.1, 0.15) is 24.5 Å². The van der Waals surface area contributed by atoms with Gasteiger partial charge in [-0.15, -0.1) is 0 Å². The topological polar surface area (TPSA) is 32.7 Å². The fourth-order valence-corrected chi connectivity index (χ4v) is 2.17. The Morgan fingerprint density at radius 2 is 1.88 bits per heavy atom. The van der Waals surface area contributed by atoms with E-state index in [0.29, 0.717) is 13.2 Å². The van der Waals surface area contributed by atoms with Gasteiger partial charge >= 0.3 is 0 Å². The number of rotatable bonds is 6. The molecule has 1 heterocycles. The van der Waals surface area contributed by atoms with Crippen LogP contribution in [0.3, 0.4) is 0 Å². The third kappa shape index (κ3) is 4.11. The lowest BCUT2D eigenvalue weighted by Gasteiger charge is -2.16. The maximum Gasteiger partial charge on any atom is 0.102 e. The van der Waals surface area contributed by atoms with E-state index in [0.717, 1.165) is 12.1 Å². The van der Waals surface area contributed by atoms with Crippen LogP contribution in [0, 0.1) is 0 Å². The van der Waals surface area contributed by atoms with E-state index in [1.165, 1.54) is 25.9 Å². The molecule has 0 aromatic heterocycles. The fraction of sp³-hybridized carbons (Fsp3) is 0.571. The van der Waals surface area contributed by atoms with Crippen LogP contribution in [0.2, 0.25) is 0 Å². The highest BCUT2D eigenvalue weighted by atomic mass is 16.5. The second-order valence-corrected chi connectivity index (χ2v) is 4.55. The van der Waals surface area contributed by atoms with Crippen molar-refractivity contribution in [1.82, 2.24) is 4.90 Å². The summed E-state index contributed by atoms with van der Waals surface area (Å²) in [6.07, 6.45) is 2.12. The Bertz CT molecular complexity index is 309. The summed E-state index contributed by atoms with van der Waals surface area (Å²) in [4.78, 5) is 2.41. The van der Waals surface area contributed by atoms with Crippen molar-refractivity contribution >= 4 is 0 Å². The lowest BCUT2D eigenvalue weighted by Crippen LogP contribution is -2.24. The van der Waals surface area contributed by atoms with Crippen molar-refractivity contribution in [3.8, 4) is 0 Å². The summed E-state index contributed by atoms with van der Waals surface area (Å²) in [5.74, 6) is 0. The molecule has 1 aromatic carbocycles. The number of aliphatic hydroxyl groups is 1. The van der Waals surface area contributed by atoms with E-state index in [1.54, 1.807) is 0 Å². The molecule has 94 valence electrons. The van der Waals surface area contributed by atoms with Gasteiger partial charge < -0.3 is 14.7 Å². The molecule has 1 aliphatic rings. The fourth-order valence-electron chi connectivity index (χ4n) is 2.17. The number of aliphatic hydroxyl groups excluding tert-OH is 1. The lowest BCUT2D eigenvalue weighted by molar-refractivity contribution is 0.0286. The van der Waals surface area contributed by atoms with Gasteiger partial charge in [-0.25, -0.2) is 0 Å². The first-order valence-electron chi connectivity index (χ1n) is 6.39. The molecule has 0 aliphatic carbocycles. The van der Waals surface area contributed by atoms with Crippen molar-refractivity contribution in [2.75, 3.05) is 32.8 Å². The van der Waals surface area contributed by atoms with Crippen LogP contribution in [-0.4, -0.2) is 42.9 Å². The molecular formula is C14H21NO2. The third-order valence-corrected chi connectivity index (χ3v) is 3.21. The summed E-state index contributed by atoms with van der Waals surface area (Å²) < 4.78 is 5.52. The van der Waals surface area contributed by atoms with Gasteiger partial charge in [0.2, 0.25) is 0 Å². The highest BCUT2D eigenvalue weighted by Crippen LogP contribution is 2.12. The van der Waals surface area contributed by atoms with Gasteiger partial charge in [-0.1, -0.05) is 30.3 Å². The van der Waals surface area contributed by atoms with E-state index in [1.807, 2.05) is 30.3 Å². The van der Waals surface area contributed by atoms with E-state index in [2.05, 4.69) is 4.90 Å². The summed E-state index contributed by atoms with van der Waals surface area (Å²) in [6.45, 7) is 4.48. The van der Waals surface area contributed by atoms with Crippen molar-refractivity contribution < 1.29 is 9.84 Å². The van der Waals surface area contributed by atoms with Gasteiger partial charge in [0.05, 0.1) is 13.2 Å². The Labute approximate surface area is 103 Å². The number of likely N-dealkylation sites (tertiary alicyclic amines) is 1. The van der Waals surface area contributed by atoms with Crippen LogP contribution >= 0.6 is 0 Å². The average molecular weight is 235 g/mol. The minimum absolute atomic E-state index is 0.387. The Morgan fingerprint density at radius 1 is 1.18 bits per heavy atom. The van der Waals surface area contributed by atoms with Crippen LogP contribution in [0.15, 0.2) is 30.3 Å². The zero-order valence-corrected chi connectivity index (χ0v) is 10.2. The van der Waals surface area contributed by atoms with Gasteiger partial charge in [0.15, 0.2) is 0 Å². The summed E-state index contributed by atoms with van der Waals surface area (Å²) in [6, 6.07) is 9.67. The second-order valence-electron chi connectivity index (χ2n) is 4.55. The van der Waals surface area contributed by atoms with Gasteiger partial charge in [0.1, 0.15) is 6.10 Å². The molecule has 0 bridgehead atoms. The SMILES string of the molecule is OC(COCCN1CCCC1)c1ccccc1. The number of benzene rings is 1. The first-order chi connectivity index (χ1) is 8.36. The van der Waals surface area contributed by atoms with E-state index in [-0.39, 0.29) is 0 Å². The molecule has 1 N–H and O–H groups in total. The quantitative estimate of drug-likeness (QED) is 0.764. The number of nitrogens with zero attached hydrogens (tertiary/aromatic N) is 1. The van der Waals surface area contributed by atoms with Crippen LogP contribution in [0.25, 0.3) is 0 Å². The van der Waals surface area contributed by atoms with Crippen molar-refractivity contribution in [2.24, 2.45) is 0 Å². The predicted molar refractivity (Wildman–Crippen MR) is 67.9 cm³/mol. The van der Waals surface area contributed by atoms with Crippen LogP contribution in [0.4, 0.5) is 0 Å². The van der Waals surface area contributed by atoms with Gasteiger partial charge in [-0.2, -0.15) is 0 Å². The third-order valence-electron chi connectivity index (χ3n) is 3.21. The van der Waals surface area contributed by atoms with Crippen molar-refractivity contribution in [1.29, 1.82) is 0 Å². The molecule has 0 amide bonds. The van der Waals surface area contributed by atoms with E-state index in [4.69, 9.17) is 4.74 Å². The first-order valence-corrected chi connectivity index (χ1v) is 6.39. The molecule has 3 heteroatoms. The molecule has 0 saturated carbocycles. The maximum absolute atomic E-state index is 9.87. The Kier molecular flexibility index (Phi) is 4.98. The van der Waals surface area contributed by atoms with Gasteiger partial charge in [0.25, 0.3) is 0 Å². The monoisotopic (exact) mass is 235 g/mol. The summed E-state index contributed by atoms with van der Waals surface area (Å²) in [5, 5.41) is 9.87. The number of hydrogen-bond donors (Lipinski definition) is 1. The Hall–Kier alpha value is -0.900. The van der Waals surface area contributed by atoms with E-state index < -0.39 is 6.10 Å². The molecule has 1 aromatic rings. The van der Waals surface area contributed by atoms with Crippen molar-refractivity contribution in [2.45, 2.75) is 18.9 Å². The van der Waals surface area contributed by atoms with Gasteiger partial charge in [0, 0.05) is 6.54 Å². The van der Waals surface area contributed by atoms with Gasteiger partial charge in [-0.3, -0.25) is 0 Å². The maximum atomic E-state index is 9.87. The predicted octanol–water partition coefficient (Wildman–Crippen LogP) is 1.83. The smallest absolute Gasteiger partial charge is 0.102 e. The molecule has 17 heavy (non-hydrogen) atoms. The zero-order chi connectivity index (χ0) is 11.9. The normalized spacial score (nSPS) is 18.4. The molecule has 1 unspecified atom stereocenters. The van der Waals surface area contributed by atoms with E-state index in [9.17, 15) is 5.11 Å². The molecule has 0 spiro atoms. The number of ether oxygens (including phenoxy) is 1. The van der Waals surface area contributed by atoms with Crippen LogP contribution in [0.5, 0.6) is 0 Å². The molecule has 0 radical (unpaired) electrons. The highest BCUT2D eigenvalue weighted by molar-refractivity contribution is 5.17.